The third-order valence-electron chi connectivity index (χ3n) is 5.81. The Hall–Kier alpha value is -4.56. The number of benzene rings is 2. The molecule has 1 saturated heterocycles. The molecule has 2 aromatic rings. The lowest BCUT2D eigenvalue weighted by Crippen LogP contribution is -2.48. The van der Waals surface area contributed by atoms with E-state index >= 15 is 0 Å². The number of rotatable bonds is 6. The summed E-state index contributed by atoms with van der Waals surface area (Å²) in [5.41, 5.74) is 10.9. The van der Waals surface area contributed by atoms with Crippen LogP contribution in [0.1, 0.15) is 5.56 Å². The van der Waals surface area contributed by atoms with Crippen LogP contribution in [-0.2, 0) is 9.59 Å². The van der Waals surface area contributed by atoms with Crippen LogP contribution >= 0.6 is 0 Å². The molecule has 0 saturated carbocycles. The molecule has 182 valence electrons. The van der Waals surface area contributed by atoms with Gasteiger partial charge in [-0.25, -0.2) is 9.98 Å². The number of carbonyl (C=O) groups excluding carboxylic acids is 2. The molecule has 1 fully saturated rings. The van der Waals surface area contributed by atoms with Crippen LogP contribution in [0, 0.1) is 0 Å². The van der Waals surface area contributed by atoms with Crippen LogP contribution in [0.5, 0.6) is 0 Å². The Kier molecular flexibility index (Phi) is 7.67. The smallest absolute Gasteiger partial charge is 0.247 e. The first kappa shape index (κ1) is 24.6. The molecule has 36 heavy (non-hydrogen) atoms. The molecule has 0 unspecified atom stereocenters. The summed E-state index contributed by atoms with van der Waals surface area (Å²) >= 11 is 0. The lowest BCUT2D eigenvalue weighted by Gasteiger charge is -2.32. The van der Waals surface area contributed by atoms with Gasteiger partial charge in [-0.05, 0) is 55.1 Å². The Bertz CT molecular complexity index is 1320. The van der Waals surface area contributed by atoms with Gasteiger partial charge in [-0.1, -0.05) is 36.9 Å². The van der Waals surface area contributed by atoms with Crippen LogP contribution in [-0.4, -0.2) is 55.4 Å². The van der Waals surface area contributed by atoms with Gasteiger partial charge in [0.25, 0.3) is 0 Å². The van der Waals surface area contributed by atoms with Crippen molar-refractivity contribution in [1.82, 2.24) is 4.90 Å². The SMILES string of the molecule is C=CC(=O)Nc1cccc(C2=CC=CC(=C/N=C/N)/C2=N\c2ccc(N3CCN(C)CC3=O)cc2)c1. The Balaban J connectivity index is 1.68. The minimum Gasteiger partial charge on any atom is -0.390 e. The number of piperazine rings is 1. The highest BCUT2D eigenvalue weighted by atomic mass is 16.2. The normalized spacial score (nSPS) is 18.6. The molecule has 1 heterocycles. The zero-order chi connectivity index (χ0) is 25.5. The van der Waals surface area contributed by atoms with Crippen molar-refractivity contribution in [2.75, 3.05) is 36.9 Å². The van der Waals surface area contributed by atoms with Gasteiger partial charge in [-0.15, -0.1) is 0 Å². The molecule has 3 N–H and O–H groups in total. The summed E-state index contributed by atoms with van der Waals surface area (Å²) in [5.74, 6) is -0.200. The van der Waals surface area contributed by atoms with Crippen molar-refractivity contribution in [1.29, 1.82) is 0 Å². The number of carbonyl (C=O) groups is 2. The average Bonchev–Trinajstić information content (AvgIpc) is 2.88. The van der Waals surface area contributed by atoms with Gasteiger partial charge in [0.15, 0.2) is 0 Å². The predicted octanol–water partition coefficient (Wildman–Crippen LogP) is 3.69. The zero-order valence-electron chi connectivity index (χ0n) is 20.1. The number of nitrogens with two attached hydrogens (primary N) is 1. The molecule has 2 aliphatic rings. The maximum atomic E-state index is 12.4. The summed E-state index contributed by atoms with van der Waals surface area (Å²) < 4.78 is 0. The number of amides is 2. The second kappa shape index (κ2) is 11.2. The van der Waals surface area contributed by atoms with Crippen molar-refractivity contribution in [2.24, 2.45) is 15.7 Å². The lowest BCUT2D eigenvalue weighted by atomic mass is 9.91. The predicted molar refractivity (Wildman–Crippen MR) is 147 cm³/mol. The highest BCUT2D eigenvalue weighted by Crippen LogP contribution is 2.30. The number of anilines is 2. The summed E-state index contributed by atoms with van der Waals surface area (Å²) in [6, 6.07) is 15.1. The first-order valence-electron chi connectivity index (χ1n) is 11.5. The Morgan fingerprint density at radius 2 is 1.97 bits per heavy atom. The Morgan fingerprint density at radius 1 is 1.17 bits per heavy atom. The molecule has 1 aliphatic carbocycles. The van der Waals surface area contributed by atoms with Crippen molar-refractivity contribution in [3.8, 4) is 0 Å². The number of likely N-dealkylation sites (N-methyl/N-ethyl adjacent to an activating group) is 1. The molecule has 2 aromatic carbocycles. The summed E-state index contributed by atoms with van der Waals surface area (Å²) in [5, 5.41) is 2.79. The summed E-state index contributed by atoms with van der Waals surface area (Å²) in [6.45, 7) is 5.40. The molecule has 0 atom stereocenters. The van der Waals surface area contributed by atoms with Crippen molar-refractivity contribution in [3.63, 3.8) is 0 Å². The maximum absolute atomic E-state index is 12.4. The highest BCUT2D eigenvalue weighted by Gasteiger charge is 2.23. The van der Waals surface area contributed by atoms with E-state index in [1.807, 2.05) is 78.7 Å². The molecular weight excluding hydrogens is 452 g/mol. The van der Waals surface area contributed by atoms with Gasteiger partial charge in [-0.3, -0.25) is 14.5 Å². The minimum atomic E-state index is -0.282. The topological polar surface area (TPSA) is 103 Å². The van der Waals surface area contributed by atoms with Crippen molar-refractivity contribution < 1.29 is 9.59 Å². The van der Waals surface area contributed by atoms with Crippen LogP contribution in [0.25, 0.3) is 5.57 Å². The third-order valence-corrected chi connectivity index (χ3v) is 5.81. The largest absolute Gasteiger partial charge is 0.390 e. The van der Waals surface area contributed by atoms with Gasteiger partial charge in [0.1, 0.15) is 0 Å². The monoisotopic (exact) mass is 480 g/mol. The van der Waals surface area contributed by atoms with E-state index in [0.29, 0.717) is 24.5 Å². The molecule has 0 spiro atoms. The molecule has 0 radical (unpaired) electrons. The average molecular weight is 481 g/mol. The molecule has 2 amide bonds. The lowest BCUT2D eigenvalue weighted by molar-refractivity contribution is -0.120. The molecular formula is C28H28N6O2. The quantitative estimate of drug-likeness (QED) is 0.374. The van der Waals surface area contributed by atoms with Crippen LogP contribution in [0.2, 0.25) is 0 Å². The Labute approximate surface area is 210 Å². The fourth-order valence-electron chi connectivity index (χ4n) is 4.00. The molecule has 0 bridgehead atoms. The molecule has 1 aliphatic heterocycles. The van der Waals surface area contributed by atoms with Crippen LogP contribution in [0.15, 0.2) is 101 Å². The van der Waals surface area contributed by atoms with Crippen molar-refractivity contribution in [3.05, 3.63) is 96.8 Å². The second-order valence-corrected chi connectivity index (χ2v) is 8.36. The van der Waals surface area contributed by atoms with Crippen LogP contribution in [0.3, 0.4) is 0 Å². The van der Waals surface area contributed by atoms with Crippen LogP contribution in [0.4, 0.5) is 17.1 Å². The van der Waals surface area contributed by atoms with E-state index < -0.39 is 0 Å². The summed E-state index contributed by atoms with van der Waals surface area (Å²) in [6.07, 6.45) is 9.91. The number of hydrogen-bond acceptors (Lipinski definition) is 5. The van der Waals surface area contributed by atoms with Gasteiger partial charge < -0.3 is 16.0 Å². The van der Waals surface area contributed by atoms with E-state index in [4.69, 9.17) is 10.7 Å². The van der Waals surface area contributed by atoms with Gasteiger partial charge in [0, 0.05) is 41.8 Å². The number of allylic oxidation sites excluding steroid dienone is 5. The summed E-state index contributed by atoms with van der Waals surface area (Å²) in [7, 11) is 1.95. The van der Waals surface area contributed by atoms with Gasteiger partial charge in [-0.2, -0.15) is 0 Å². The number of nitrogens with zero attached hydrogens (tertiary/aromatic N) is 4. The fourth-order valence-corrected chi connectivity index (χ4v) is 4.00. The van der Waals surface area contributed by atoms with E-state index in [1.54, 1.807) is 11.1 Å². The number of nitrogens with one attached hydrogen (secondary N) is 1. The Morgan fingerprint density at radius 3 is 2.69 bits per heavy atom. The summed E-state index contributed by atoms with van der Waals surface area (Å²) in [4.78, 5) is 37.1. The van der Waals surface area contributed by atoms with Crippen molar-refractivity contribution in [2.45, 2.75) is 0 Å². The second-order valence-electron chi connectivity index (χ2n) is 8.36. The third kappa shape index (κ3) is 5.73. The molecule has 4 rings (SSSR count). The first-order valence-corrected chi connectivity index (χ1v) is 11.5. The zero-order valence-corrected chi connectivity index (χ0v) is 20.1. The number of aliphatic imine (C=N–C) groups is 2. The van der Waals surface area contributed by atoms with E-state index in [1.165, 1.54) is 12.4 Å². The molecule has 0 aromatic heterocycles. The van der Waals surface area contributed by atoms with Gasteiger partial charge >= 0.3 is 0 Å². The highest BCUT2D eigenvalue weighted by molar-refractivity contribution is 6.34. The molecule has 8 heteroatoms. The van der Waals surface area contributed by atoms with Gasteiger partial charge in [0.2, 0.25) is 11.8 Å². The van der Waals surface area contributed by atoms with Gasteiger partial charge in [0.05, 0.1) is 24.3 Å². The van der Waals surface area contributed by atoms with E-state index in [9.17, 15) is 9.59 Å². The minimum absolute atomic E-state index is 0.0822. The number of hydrogen-bond donors (Lipinski definition) is 2. The molecule has 8 nitrogen and oxygen atoms in total. The fraction of sp³-hybridized carbons (Fsp3) is 0.143. The van der Waals surface area contributed by atoms with E-state index in [0.717, 1.165) is 34.6 Å². The van der Waals surface area contributed by atoms with E-state index in [2.05, 4.69) is 16.9 Å². The van der Waals surface area contributed by atoms with Crippen LogP contribution < -0.4 is 16.0 Å². The van der Waals surface area contributed by atoms with E-state index in [-0.39, 0.29) is 11.8 Å². The standard InChI is InChI=1S/C28H28N6O2/c1-3-26(35)31-23-8-4-6-20(16-23)25-9-5-7-21(17-30-19-29)28(25)32-22-10-12-24(13-11-22)34-15-14-33(2)18-27(34)36/h3-13,16-17,19H,1,14-15,18H2,2H3,(H2,29,30)(H,31,35)/b21-17-,32-28+. The maximum Gasteiger partial charge on any atom is 0.247 e. The first-order chi connectivity index (χ1) is 17.5. The van der Waals surface area contributed by atoms with Crippen molar-refractivity contribution >= 4 is 46.5 Å².